The number of hydrogen-bond donors (Lipinski definition) is 0. The molecule has 0 aromatic carbocycles. The van der Waals surface area contributed by atoms with Crippen molar-refractivity contribution < 1.29 is 9.59 Å². The van der Waals surface area contributed by atoms with E-state index in [1.807, 2.05) is 6.92 Å². The number of hydrogen-bond acceptors (Lipinski definition) is 5. The van der Waals surface area contributed by atoms with Crippen LogP contribution in [0.25, 0.3) is 0 Å². The molecule has 1 aliphatic rings. The lowest BCUT2D eigenvalue weighted by Crippen LogP contribution is -2.10. The Morgan fingerprint density at radius 3 is 2.83 bits per heavy atom. The maximum atomic E-state index is 10.0. The van der Waals surface area contributed by atoms with Crippen LogP contribution in [-0.4, -0.2) is 22.4 Å². The average molecular weight is 184 g/mol. The third-order valence-corrected chi connectivity index (χ3v) is 3.14. The Labute approximate surface area is 74.2 Å². The van der Waals surface area contributed by atoms with Gasteiger partial charge in [-0.3, -0.25) is 0 Å². The van der Waals surface area contributed by atoms with Gasteiger partial charge in [0.25, 0.3) is 0 Å². The number of carbonyl (C=O) groups excluding carboxylic acids is 2. The lowest BCUT2D eigenvalue weighted by atomic mass is 10.2. The Morgan fingerprint density at radius 2 is 2.25 bits per heavy atom. The Bertz CT molecular complexity index is 269. The zero-order valence-electron chi connectivity index (χ0n) is 6.61. The summed E-state index contributed by atoms with van der Waals surface area (Å²) >= 11 is 1.40. The van der Waals surface area contributed by atoms with E-state index in [1.54, 1.807) is 0 Å². The van der Waals surface area contributed by atoms with Gasteiger partial charge < -0.3 is 0 Å². The van der Waals surface area contributed by atoms with Gasteiger partial charge in [0.2, 0.25) is 12.2 Å². The van der Waals surface area contributed by atoms with Crippen LogP contribution in [-0.2, 0) is 9.59 Å². The fraction of sp³-hybridized carbons (Fsp3) is 0.714. The summed E-state index contributed by atoms with van der Waals surface area (Å²) in [6.45, 7) is 1.84. The number of thioether (sulfide) groups is 1. The molecule has 12 heavy (non-hydrogen) atoms. The molecule has 1 fully saturated rings. The second-order valence-electron chi connectivity index (χ2n) is 2.71. The zero-order valence-corrected chi connectivity index (χ0v) is 7.43. The third-order valence-electron chi connectivity index (χ3n) is 1.72. The van der Waals surface area contributed by atoms with E-state index in [9.17, 15) is 9.59 Å². The van der Waals surface area contributed by atoms with E-state index < -0.39 is 4.87 Å². The van der Waals surface area contributed by atoms with Gasteiger partial charge in [-0.1, -0.05) is 0 Å². The number of aliphatic imine (C=N–C) groups is 2. The summed E-state index contributed by atoms with van der Waals surface area (Å²) in [6.07, 6.45) is 4.55. The molecule has 0 N–H and O–H groups in total. The Kier molecular flexibility index (Phi) is 2.82. The summed E-state index contributed by atoms with van der Waals surface area (Å²) < 4.78 is 0. The lowest BCUT2D eigenvalue weighted by Gasteiger charge is -2.13. The molecule has 2 unspecified atom stereocenters. The largest absolute Gasteiger partial charge is 0.236 e. The third kappa shape index (κ3) is 2.05. The predicted octanol–water partition coefficient (Wildman–Crippen LogP) is 1.23. The maximum Gasteiger partial charge on any atom is 0.236 e. The molecule has 5 heteroatoms. The Hall–Kier alpha value is -0.890. The van der Waals surface area contributed by atoms with Gasteiger partial charge in [0.1, 0.15) is 10.2 Å². The SMILES string of the molecule is CC1(N=C=O)CCC(N=C=O)S1. The fourth-order valence-corrected chi connectivity index (χ4v) is 2.37. The zero-order chi connectivity index (χ0) is 9.03. The van der Waals surface area contributed by atoms with E-state index in [0.717, 1.165) is 12.8 Å². The van der Waals surface area contributed by atoms with Gasteiger partial charge in [0.05, 0.1) is 0 Å². The van der Waals surface area contributed by atoms with Crippen LogP contribution in [0, 0.1) is 0 Å². The minimum Gasteiger partial charge on any atom is -0.211 e. The molecule has 0 bridgehead atoms. The molecular formula is C7H8N2O2S. The number of nitrogens with zero attached hydrogens (tertiary/aromatic N) is 2. The van der Waals surface area contributed by atoms with Gasteiger partial charge in [0, 0.05) is 0 Å². The molecule has 64 valence electrons. The molecule has 0 aromatic heterocycles. The minimum atomic E-state index is -0.438. The highest BCUT2D eigenvalue weighted by molar-refractivity contribution is 8.01. The molecule has 0 spiro atoms. The summed E-state index contributed by atoms with van der Waals surface area (Å²) in [7, 11) is 0. The van der Waals surface area contributed by atoms with E-state index in [1.165, 1.54) is 23.9 Å². The first-order valence-electron chi connectivity index (χ1n) is 3.54. The molecular weight excluding hydrogens is 176 g/mol. The summed E-state index contributed by atoms with van der Waals surface area (Å²) in [5, 5.41) is -0.0930. The van der Waals surface area contributed by atoms with Crippen LogP contribution >= 0.6 is 11.8 Å². The molecule has 0 amide bonds. The predicted molar refractivity (Wildman–Crippen MR) is 45.3 cm³/mol. The summed E-state index contributed by atoms with van der Waals surface area (Å²) in [4.78, 5) is 26.7. The normalized spacial score (nSPS) is 33.6. The van der Waals surface area contributed by atoms with Crippen LogP contribution < -0.4 is 0 Å². The van der Waals surface area contributed by atoms with Crippen molar-refractivity contribution in [3.05, 3.63) is 0 Å². The second-order valence-corrected chi connectivity index (χ2v) is 4.37. The summed E-state index contributed by atoms with van der Waals surface area (Å²) in [5.74, 6) is 0. The van der Waals surface area contributed by atoms with Crippen molar-refractivity contribution in [2.24, 2.45) is 9.98 Å². The maximum absolute atomic E-state index is 10.0. The summed E-state index contributed by atoms with van der Waals surface area (Å²) in [6, 6.07) is 0. The number of isocyanates is 2. The molecule has 1 rings (SSSR count). The van der Waals surface area contributed by atoms with Gasteiger partial charge >= 0.3 is 0 Å². The first kappa shape index (κ1) is 9.20. The molecule has 2 atom stereocenters. The van der Waals surface area contributed by atoms with Crippen LogP contribution in [0.2, 0.25) is 0 Å². The second kappa shape index (κ2) is 3.68. The van der Waals surface area contributed by atoms with Crippen molar-refractivity contribution in [1.82, 2.24) is 0 Å². The van der Waals surface area contributed by atoms with Gasteiger partial charge in [-0.2, -0.15) is 9.98 Å². The average Bonchev–Trinajstić information content (AvgIpc) is 2.34. The van der Waals surface area contributed by atoms with E-state index >= 15 is 0 Å². The van der Waals surface area contributed by atoms with Crippen LogP contribution in [0.4, 0.5) is 0 Å². The van der Waals surface area contributed by atoms with E-state index in [4.69, 9.17) is 0 Å². The van der Waals surface area contributed by atoms with Gasteiger partial charge in [-0.05, 0) is 19.8 Å². The lowest BCUT2D eigenvalue weighted by molar-refractivity contribution is 0.547. The van der Waals surface area contributed by atoms with Crippen molar-refractivity contribution in [2.45, 2.75) is 30.0 Å². The molecule has 0 radical (unpaired) electrons. The highest BCUT2D eigenvalue weighted by Gasteiger charge is 2.35. The summed E-state index contributed by atoms with van der Waals surface area (Å²) in [5.41, 5.74) is 0. The highest BCUT2D eigenvalue weighted by Crippen LogP contribution is 2.44. The monoisotopic (exact) mass is 184 g/mol. The van der Waals surface area contributed by atoms with Crippen LogP contribution in [0.1, 0.15) is 19.8 Å². The van der Waals surface area contributed by atoms with Gasteiger partial charge in [0.15, 0.2) is 0 Å². The van der Waals surface area contributed by atoms with Crippen LogP contribution in [0.5, 0.6) is 0 Å². The fourth-order valence-electron chi connectivity index (χ4n) is 1.13. The first-order chi connectivity index (χ1) is 5.70. The topological polar surface area (TPSA) is 58.9 Å². The highest BCUT2D eigenvalue weighted by atomic mass is 32.2. The smallest absolute Gasteiger partial charge is 0.211 e. The van der Waals surface area contributed by atoms with E-state index in [0.29, 0.717) is 0 Å². The Balaban J connectivity index is 2.65. The number of rotatable bonds is 2. The van der Waals surface area contributed by atoms with Crippen molar-refractivity contribution >= 4 is 23.9 Å². The quantitative estimate of drug-likeness (QED) is 0.479. The van der Waals surface area contributed by atoms with Gasteiger partial charge in [-0.25, -0.2) is 9.59 Å². The minimum absolute atomic E-state index is 0.0930. The van der Waals surface area contributed by atoms with Crippen molar-refractivity contribution in [1.29, 1.82) is 0 Å². The van der Waals surface area contributed by atoms with Crippen LogP contribution in [0.15, 0.2) is 9.98 Å². The molecule has 1 aliphatic heterocycles. The molecule has 0 aromatic rings. The first-order valence-corrected chi connectivity index (χ1v) is 4.42. The molecule has 0 aliphatic carbocycles. The van der Waals surface area contributed by atoms with Crippen molar-refractivity contribution in [3.63, 3.8) is 0 Å². The van der Waals surface area contributed by atoms with Gasteiger partial charge in [-0.15, -0.1) is 11.8 Å². The molecule has 0 saturated carbocycles. The molecule has 4 nitrogen and oxygen atoms in total. The van der Waals surface area contributed by atoms with E-state index in [2.05, 4.69) is 9.98 Å². The molecule has 1 saturated heterocycles. The van der Waals surface area contributed by atoms with Crippen molar-refractivity contribution in [3.8, 4) is 0 Å². The van der Waals surface area contributed by atoms with Crippen LogP contribution in [0.3, 0.4) is 0 Å². The standard InChI is InChI=1S/C7H8N2O2S/c1-7(9-5-11)3-2-6(12-7)8-4-10/h6H,2-3H2,1H3. The van der Waals surface area contributed by atoms with Crippen molar-refractivity contribution in [2.75, 3.05) is 0 Å². The van der Waals surface area contributed by atoms with E-state index in [-0.39, 0.29) is 5.37 Å². The molecule has 1 heterocycles. The Morgan fingerprint density at radius 1 is 1.50 bits per heavy atom.